The summed E-state index contributed by atoms with van der Waals surface area (Å²) < 4.78 is -0.830. The summed E-state index contributed by atoms with van der Waals surface area (Å²) in [5.74, 6) is -3.25. The molecular formula is C22H33BrN2O5S. The summed E-state index contributed by atoms with van der Waals surface area (Å²) in [6.07, 6.45) is 2.20. The number of hydrogen-bond donors (Lipinski definition) is 2. The van der Waals surface area contributed by atoms with Crippen LogP contribution < -0.4 is 0 Å². The molecule has 3 rings (SSSR count). The van der Waals surface area contributed by atoms with E-state index in [0.29, 0.717) is 13.0 Å². The quantitative estimate of drug-likeness (QED) is 0.398. The Morgan fingerprint density at radius 2 is 2.03 bits per heavy atom. The van der Waals surface area contributed by atoms with Crippen LogP contribution in [0.5, 0.6) is 0 Å². The third-order valence-corrected chi connectivity index (χ3v) is 10.2. The third kappa shape index (κ3) is 3.64. The van der Waals surface area contributed by atoms with Gasteiger partial charge in [0.2, 0.25) is 11.8 Å². The molecule has 3 fully saturated rings. The number of thioether (sulfide) groups is 1. The largest absolute Gasteiger partial charge is 0.481 e. The molecule has 0 aromatic carbocycles. The van der Waals surface area contributed by atoms with Gasteiger partial charge < -0.3 is 20.0 Å². The second kappa shape index (κ2) is 8.37. The molecule has 1 spiro atoms. The first kappa shape index (κ1) is 24.6. The first-order chi connectivity index (χ1) is 14.3. The molecule has 2 bridgehead atoms. The van der Waals surface area contributed by atoms with Crippen molar-refractivity contribution in [3.8, 4) is 0 Å². The number of amides is 2. The number of fused-ring (bicyclic) bond motifs is 1. The molecular weight excluding hydrogens is 484 g/mol. The second-order valence-corrected chi connectivity index (χ2v) is 12.9. The van der Waals surface area contributed by atoms with Gasteiger partial charge in [0.05, 0.1) is 29.2 Å². The van der Waals surface area contributed by atoms with E-state index in [1.807, 2.05) is 34.6 Å². The van der Waals surface area contributed by atoms with Crippen LogP contribution in [0.1, 0.15) is 41.0 Å². The number of hydrogen-bond acceptors (Lipinski definition) is 5. The number of carbonyl (C=O) groups excluding carboxylic acids is 2. The number of carbonyl (C=O) groups is 3. The van der Waals surface area contributed by atoms with Gasteiger partial charge in [0.15, 0.2) is 0 Å². The van der Waals surface area contributed by atoms with Crippen LogP contribution in [-0.4, -0.2) is 83.4 Å². The number of carboxylic acid groups (broad SMARTS) is 1. The average Bonchev–Trinajstić information content (AvgIpc) is 3.23. The molecule has 3 aliphatic heterocycles. The molecule has 0 aromatic heterocycles. The zero-order valence-electron chi connectivity index (χ0n) is 18.7. The lowest BCUT2D eigenvalue weighted by Crippen LogP contribution is -2.61. The van der Waals surface area contributed by atoms with Gasteiger partial charge in [0.1, 0.15) is 6.04 Å². The molecule has 3 unspecified atom stereocenters. The standard InChI is InChI=1S/C22H33BrN2O5S/c1-7-8-24(21(4,5)6)19(28)17-22-9-12(23)16(31-22)14(20(29)30)15(22)18(27)25(17)13(10-26)11(2)3/h7,11-17,26H,1,8-10H2,2-6H3,(H,29,30)/t12?,13-,14+,15-,16+,17?,22?/m0/s1. The first-order valence-electron chi connectivity index (χ1n) is 10.7. The average molecular weight is 517 g/mol. The molecule has 2 amide bonds. The SMILES string of the molecule is C=CCN(C(=O)C1N([C@@H](CO)C(C)C)C(=O)[C@@H]2[C@@H](C(=O)O)[C@@H]3SC12CC3Br)C(C)(C)C. The molecule has 2 N–H and O–H groups in total. The number of carboxylic acids is 1. The van der Waals surface area contributed by atoms with Crippen LogP contribution in [0.15, 0.2) is 12.7 Å². The maximum Gasteiger partial charge on any atom is 0.308 e. The third-order valence-electron chi connectivity index (χ3n) is 6.95. The van der Waals surface area contributed by atoms with Crippen LogP contribution in [0.3, 0.4) is 0 Å². The molecule has 174 valence electrons. The van der Waals surface area contributed by atoms with Crippen molar-refractivity contribution in [3.63, 3.8) is 0 Å². The topological polar surface area (TPSA) is 98.2 Å². The Morgan fingerprint density at radius 1 is 1.42 bits per heavy atom. The van der Waals surface area contributed by atoms with Crippen LogP contribution in [0.2, 0.25) is 0 Å². The molecule has 3 saturated heterocycles. The van der Waals surface area contributed by atoms with Gasteiger partial charge in [-0.1, -0.05) is 35.9 Å². The van der Waals surface area contributed by atoms with Crippen molar-refractivity contribution in [2.45, 2.75) is 73.5 Å². The van der Waals surface area contributed by atoms with E-state index < -0.39 is 40.2 Å². The van der Waals surface area contributed by atoms with E-state index in [1.54, 1.807) is 11.0 Å². The van der Waals surface area contributed by atoms with Crippen molar-refractivity contribution in [1.82, 2.24) is 9.80 Å². The van der Waals surface area contributed by atoms with Gasteiger partial charge in [-0.05, 0) is 33.1 Å². The minimum Gasteiger partial charge on any atom is -0.481 e. The van der Waals surface area contributed by atoms with Crippen LogP contribution >= 0.6 is 27.7 Å². The van der Waals surface area contributed by atoms with Gasteiger partial charge >= 0.3 is 5.97 Å². The number of rotatable bonds is 7. The van der Waals surface area contributed by atoms with Crippen LogP contribution in [0.25, 0.3) is 0 Å². The molecule has 7 nitrogen and oxygen atoms in total. The summed E-state index contributed by atoms with van der Waals surface area (Å²) in [5.41, 5.74) is -0.511. The summed E-state index contributed by atoms with van der Waals surface area (Å²) in [7, 11) is 0. The van der Waals surface area contributed by atoms with Crippen LogP contribution in [-0.2, 0) is 14.4 Å². The molecule has 31 heavy (non-hydrogen) atoms. The van der Waals surface area contributed by atoms with E-state index in [2.05, 4.69) is 22.5 Å². The van der Waals surface area contributed by atoms with Gasteiger partial charge in [-0.3, -0.25) is 14.4 Å². The number of halogens is 1. The summed E-state index contributed by atoms with van der Waals surface area (Å²) in [5, 5.41) is 19.9. The minimum atomic E-state index is -1.00. The van der Waals surface area contributed by atoms with Crippen molar-refractivity contribution in [2.24, 2.45) is 17.8 Å². The summed E-state index contributed by atoms with van der Waals surface area (Å²) in [6, 6.07) is -1.39. The van der Waals surface area contributed by atoms with Gasteiger partial charge in [-0.2, -0.15) is 0 Å². The number of likely N-dealkylation sites (tertiary alicyclic amines) is 1. The van der Waals surface area contributed by atoms with Crippen LogP contribution in [0, 0.1) is 17.8 Å². The Labute approximate surface area is 196 Å². The number of alkyl halides is 1. The Hall–Kier alpha value is -1.06. The molecule has 9 heteroatoms. The maximum atomic E-state index is 14.1. The number of nitrogens with zero attached hydrogens (tertiary/aromatic N) is 2. The molecule has 3 heterocycles. The fourth-order valence-electron chi connectivity index (χ4n) is 5.58. The molecule has 7 atom stereocenters. The fourth-order valence-corrected chi connectivity index (χ4v) is 9.16. The van der Waals surface area contributed by atoms with Gasteiger partial charge in [-0.25, -0.2) is 0 Å². The predicted molar refractivity (Wildman–Crippen MR) is 124 cm³/mol. The van der Waals surface area contributed by atoms with Gasteiger partial charge in [0, 0.05) is 22.2 Å². The smallest absolute Gasteiger partial charge is 0.308 e. The first-order valence-corrected chi connectivity index (χ1v) is 12.5. The lowest BCUT2D eigenvalue weighted by Gasteiger charge is -2.44. The van der Waals surface area contributed by atoms with Crippen molar-refractivity contribution >= 4 is 45.5 Å². The molecule has 0 aromatic rings. The Kier molecular flexibility index (Phi) is 6.64. The summed E-state index contributed by atoms with van der Waals surface area (Å²) in [6.45, 7) is 13.4. The van der Waals surface area contributed by atoms with E-state index in [0.717, 1.165) is 0 Å². The highest BCUT2D eigenvalue weighted by Crippen LogP contribution is 2.68. The minimum absolute atomic E-state index is 0.0905. The Balaban J connectivity index is 2.18. The van der Waals surface area contributed by atoms with E-state index in [-0.39, 0.29) is 34.4 Å². The zero-order chi connectivity index (χ0) is 23.5. The summed E-state index contributed by atoms with van der Waals surface area (Å²) >= 11 is 5.12. The normalized spacial score (nSPS) is 35.4. The molecule has 0 aliphatic carbocycles. The Bertz CT molecular complexity index is 784. The van der Waals surface area contributed by atoms with E-state index in [4.69, 9.17) is 0 Å². The number of aliphatic carboxylic acids is 1. The number of aliphatic hydroxyl groups excluding tert-OH is 1. The van der Waals surface area contributed by atoms with Crippen molar-refractivity contribution < 1.29 is 24.6 Å². The molecule has 0 radical (unpaired) electrons. The lowest BCUT2D eigenvalue weighted by atomic mass is 9.71. The number of aliphatic hydroxyl groups is 1. The van der Waals surface area contributed by atoms with E-state index in [9.17, 15) is 24.6 Å². The fraction of sp³-hybridized carbons (Fsp3) is 0.773. The molecule has 3 aliphatic rings. The van der Waals surface area contributed by atoms with Gasteiger partial charge in [-0.15, -0.1) is 18.3 Å². The highest BCUT2D eigenvalue weighted by Gasteiger charge is 2.76. The zero-order valence-corrected chi connectivity index (χ0v) is 21.1. The van der Waals surface area contributed by atoms with E-state index >= 15 is 0 Å². The lowest BCUT2D eigenvalue weighted by molar-refractivity contribution is -0.151. The highest BCUT2D eigenvalue weighted by molar-refractivity contribution is 9.09. The van der Waals surface area contributed by atoms with Gasteiger partial charge in [0.25, 0.3) is 0 Å². The molecule has 0 saturated carbocycles. The maximum absolute atomic E-state index is 14.1. The van der Waals surface area contributed by atoms with Crippen molar-refractivity contribution in [3.05, 3.63) is 12.7 Å². The van der Waals surface area contributed by atoms with Crippen molar-refractivity contribution in [2.75, 3.05) is 13.2 Å². The van der Waals surface area contributed by atoms with Crippen LogP contribution in [0.4, 0.5) is 0 Å². The predicted octanol–water partition coefficient (Wildman–Crippen LogP) is 2.37. The van der Waals surface area contributed by atoms with Crippen molar-refractivity contribution in [1.29, 1.82) is 0 Å². The Morgan fingerprint density at radius 3 is 2.48 bits per heavy atom. The summed E-state index contributed by atoms with van der Waals surface area (Å²) in [4.78, 5) is 43.3. The monoisotopic (exact) mass is 516 g/mol. The highest BCUT2D eigenvalue weighted by atomic mass is 79.9. The second-order valence-electron chi connectivity index (χ2n) is 10.1. The van der Waals surface area contributed by atoms with E-state index in [1.165, 1.54) is 16.7 Å².